The standard InChI is InChI=1S/C8H10Br2N2/c1-12(11)8-4-2-3-7(10)6(8)5-9/h2-4H,5,11H2,1H3. The van der Waals surface area contributed by atoms with E-state index in [2.05, 4.69) is 31.9 Å². The van der Waals surface area contributed by atoms with Gasteiger partial charge in [0.25, 0.3) is 0 Å². The summed E-state index contributed by atoms with van der Waals surface area (Å²) in [5.74, 6) is 5.65. The summed E-state index contributed by atoms with van der Waals surface area (Å²) in [4.78, 5) is 0. The topological polar surface area (TPSA) is 29.3 Å². The van der Waals surface area contributed by atoms with Gasteiger partial charge in [0.15, 0.2) is 0 Å². The Morgan fingerprint density at radius 3 is 2.58 bits per heavy atom. The van der Waals surface area contributed by atoms with E-state index in [4.69, 9.17) is 5.84 Å². The van der Waals surface area contributed by atoms with Crippen molar-refractivity contribution in [2.24, 2.45) is 5.84 Å². The fraction of sp³-hybridized carbons (Fsp3) is 0.250. The van der Waals surface area contributed by atoms with Crippen LogP contribution in [0.4, 0.5) is 5.69 Å². The van der Waals surface area contributed by atoms with Crippen LogP contribution in [-0.2, 0) is 5.33 Å². The summed E-state index contributed by atoms with van der Waals surface area (Å²) in [6, 6.07) is 5.96. The first-order chi connectivity index (χ1) is 5.66. The van der Waals surface area contributed by atoms with Crippen LogP contribution in [0.2, 0.25) is 0 Å². The number of hydrazine groups is 1. The first kappa shape index (κ1) is 10.0. The van der Waals surface area contributed by atoms with Crippen LogP contribution < -0.4 is 10.9 Å². The third-order valence-electron chi connectivity index (χ3n) is 1.61. The molecule has 0 aliphatic heterocycles. The van der Waals surface area contributed by atoms with Gasteiger partial charge in [-0.1, -0.05) is 37.9 Å². The summed E-state index contributed by atoms with van der Waals surface area (Å²) in [6.45, 7) is 0. The van der Waals surface area contributed by atoms with Gasteiger partial charge in [0.2, 0.25) is 0 Å². The summed E-state index contributed by atoms with van der Waals surface area (Å²) >= 11 is 6.88. The van der Waals surface area contributed by atoms with Crippen LogP contribution in [0, 0.1) is 0 Å². The predicted octanol–water partition coefficient (Wildman–Crippen LogP) is 2.65. The minimum atomic E-state index is 0.797. The Labute approximate surface area is 89.0 Å². The number of anilines is 1. The van der Waals surface area contributed by atoms with Crippen molar-refractivity contribution in [3.8, 4) is 0 Å². The zero-order chi connectivity index (χ0) is 9.14. The summed E-state index contributed by atoms with van der Waals surface area (Å²) in [5, 5.41) is 2.41. The minimum Gasteiger partial charge on any atom is -0.314 e. The van der Waals surface area contributed by atoms with Gasteiger partial charge in [-0.25, -0.2) is 5.84 Å². The van der Waals surface area contributed by atoms with E-state index in [1.54, 1.807) is 5.01 Å². The second-order valence-corrected chi connectivity index (χ2v) is 3.90. The fourth-order valence-corrected chi connectivity index (χ4v) is 2.47. The number of hydrogen-bond donors (Lipinski definition) is 1. The molecule has 0 bridgehead atoms. The van der Waals surface area contributed by atoms with Gasteiger partial charge in [0, 0.05) is 22.4 Å². The highest BCUT2D eigenvalue weighted by Gasteiger charge is 2.06. The number of halogens is 2. The molecular weight excluding hydrogens is 284 g/mol. The molecule has 0 heterocycles. The monoisotopic (exact) mass is 292 g/mol. The lowest BCUT2D eigenvalue weighted by atomic mass is 10.2. The van der Waals surface area contributed by atoms with Gasteiger partial charge in [0.05, 0.1) is 5.69 Å². The SMILES string of the molecule is CN(N)c1cccc(Br)c1CBr. The summed E-state index contributed by atoms with van der Waals surface area (Å²) < 4.78 is 1.08. The van der Waals surface area contributed by atoms with Crippen molar-refractivity contribution in [3.63, 3.8) is 0 Å². The van der Waals surface area contributed by atoms with E-state index in [9.17, 15) is 0 Å². The van der Waals surface area contributed by atoms with Gasteiger partial charge in [-0.2, -0.15) is 0 Å². The molecule has 0 radical (unpaired) electrons. The van der Waals surface area contributed by atoms with Crippen molar-refractivity contribution in [3.05, 3.63) is 28.2 Å². The molecule has 0 saturated heterocycles. The second-order valence-electron chi connectivity index (χ2n) is 2.48. The Bertz CT molecular complexity index is 274. The van der Waals surface area contributed by atoms with Crippen LogP contribution in [0.15, 0.2) is 22.7 Å². The highest BCUT2D eigenvalue weighted by molar-refractivity contribution is 9.10. The highest BCUT2D eigenvalue weighted by Crippen LogP contribution is 2.27. The third kappa shape index (κ3) is 2.00. The maximum atomic E-state index is 5.65. The molecule has 0 spiro atoms. The molecule has 0 fully saturated rings. The predicted molar refractivity (Wildman–Crippen MR) is 59.4 cm³/mol. The Kier molecular flexibility index (Phi) is 3.55. The Morgan fingerprint density at radius 1 is 1.50 bits per heavy atom. The number of nitrogens with two attached hydrogens (primary N) is 1. The van der Waals surface area contributed by atoms with E-state index >= 15 is 0 Å². The van der Waals surface area contributed by atoms with Crippen molar-refractivity contribution in [2.45, 2.75) is 5.33 Å². The number of hydrogen-bond acceptors (Lipinski definition) is 2. The lowest BCUT2D eigenvalue weighted by Crippen LogP contribution is -2.26. The van der Waals surface area contributed by atoms with Crippen LogP contribution in [-0.4, -0.2) is 7.05 Å². The summed E-state index contributed by atoms with van der Waals surface area (Å²) in [6.07, 6.45) is 0. The summed E-state index contributed by atoms with van der Waals surface area (Å²) in [7, 11) is 1.83. The second kappa shape index (κ2) is 4.25. The maximum Gasteiger partial charge on any atom is 0.0565 e. The molecule has 66 valence electrons. The van der Waals surface area contributed by atoms with E-state index in [1.165, 1.54) is 5.56 Å². The average Bonchev–Trinajstić information content (AvgIpc) is 2.03. The van der Waals surface area contributed by atoms with Gasteiger partial charge in [0.1, 0.15) is 0 Å². The fourth-order valence-electron chi connectivity index (χ4n) is 1.01. The zero-order valence-electron chi connectivity index (χ0n) is 6.72. The number of nitrogens with zero attached hydrogens (tertiary/aromatic N) is 1. The molecule has 12 heavy (non-hydrogen) atoms. The molecule has 0 atom stereocenters. The minimum absolute atomic E-state index is 0.797. The number of benzene rings is 1. The average molecular weight is 294 g/mol. The van der Waals surface area contributed by atoms with E-state index in [0.717, 1.165) is 15.5 Å². The van der Waals surface area contributed by atoms with Crippen molar-refractivity contribution >= 4 is 37.5 Å². The Hall–Kier alpha value is -0.0600. The van der Waals surface area contributed by atoms with Gasteiger partial charge in [-0.3, -0.25) is 0 Å². The van der Waals surface area contributed by atoms with Crippen molar-refractivity contribution in [1.82, 2.24) is 0 Å². The molecule has 0 saturated carbocycles. The van der Waals surface area contributed by atoms with Crippen molar-refractivity contribution in [2.75, 3.05) is 12.1 Å². The Balaban J connectivity index is 3.18. The van der Waals surface area contributed by atoms with Crippen LogP contribution in [0.5, 0.6) is 0 Å². The maximum absolute atomic E-state index is 5.65. The van der Waals surface area contributed by atoms with Crippen LogP contribution in [0.25, 0.3) is 0 Å². The highest BCUT2D eigenvalue weighted by atomic mass is 79.9. The molecule has 1 aromatic carbocycles. The first-order valence-corrected chi connectivity index (χ1v) is 5.40. The van der Waals surface area contributed by atoms with E-state index in [-0.39, 0.29) is 0 Å². The third-order valence-corrected chi connectivity index (χ3v) is 2.91. The van der Waals surface area contributed by atoms with E-state index in [1.807, 2.05) is 25.2 Å². The lowest BCUT2D eigenvalue weighted by molar-refractivity contribution is 1.00. The molecular formula is C8H10Br2N2. The molecule has 1 aromatic rings. The molecule has 0 aliphatic rings. The molecule has 0 unspecified atom stereocenters. The molecule has 2 nitrogen and oxygen atoms in total. The number of rotatable bonds is 2. The molecule has 2 N–H and O–H groups in total. The molecule has 1 rings (SSSR count). The van der Waals surface area contributed by atoms with Gasteiger partial charge in [-0.05, 0) is 12.1 Å². The number of alkyl halides is 1. The van der Waals surface area contributed by atoms with Crippen LogP contribution in [0.1, 0.15) is 5.56 Å². The largest absolute Gasteiger partial charge is 0.314 e. The first-order valence-electron chi connectivity index (χ1n) is 3.48. The normalized spacial score (nSPS) is 10.0. The zero-order valence-corrected chi connectivity index (χ0v) is 9.89. The lowest BCUT2D eigenvalue weighted by Gasteiger charge is -2.16. The van der Waals surface area contributed by atoms with Crippen molar-refractivity contribution in [1.29, 1.82) is 0 Å². The molecule has 0 aromatic heterocycles. The molecule has 0 amide bonds. The van der Waals surface area contributed by atoms with Gasteiger partial charge >= 0.3 is 0 Å². The smallest absolute Gasteiger partial charge is 0.0565 e. The van der Waals surface area contributed by atoms with Gasteiger partial charge < -0.3 is 5.01 Å². The van der Waals surface area contributed by atoms with Crippen LogP contribution in [0.3, 0.4) is 0 Å². The quantitative estimate of drug-likeness (QED) is 0.516. The Morgan fingerprint density at radius 2 is 2.17 bits per heavy atom. The molecule has 4 heteroatoms. The van der Waals surface area contributed by atoms with E-state index in [0.29, 0.717) is 0 Å². The van der Waals surface area contributed by atoms with Gasteiger partial charge in [-0.15, -0.1) is 0 Å². The molecule has 0 aliphatic carbocycles. The van der Waals surface area contributed by atoms with Crippen LogP contribution >= 0.6 is 31.9 Å². The summed E-state index contributed by atoms with van der Waals surface area (Å²) in [5.41, 5.74) is 2.20. The van der Waals surface area contributed by atoms with Crippen molar-refractivity contribution < 1.29 is 0 Å². The van der Waals surface area contributed by atoms with E-state index < -0.39 is 0 Å².